The van der Waals surface area contributed by atoms with E-state index in [1.165, 1.54) is 7.11 Å². The Morgan fingerprint density at radius 3 is 2.54 bits per heavy atom. The molecule has 7 heteroatoms. The second-order valence-electron chi connectivity index (χ2n) is 5.35. The summed E-state index contributed by atoms with van der Waals surface area (Å²) in [5.41, 5.74) is 2.66. The van der Waals surface area contributed by atoms with Gasteiger partial charge in [-0.2, -0.15) is 0 Å². The Morgan fingerprint density at radius 2 is 1.83 bits per heavy atom. The number of benzene rings is 2. The van der Waals surface area contributed by atoms with Crippen molar-refractivity contribution in [2.75, 3.05) is 18.6 Å². The van der Waals surface area contributed by atoms with E-state index >= 15 is 0 Å². The number of nitrogens with zero attached hydrogens (tertiary/aromatic N) is 1. The molecular weight excluding hydrogens is 330 g/mol. The van der Waals surface area contributed by atoms with Gasteiger partial charge >= 0.3 is 5.69 Å². The number of anilines is 1. The molecule has 6 nitrogen and oxygen atoms in total. The highest BCUT2D eigenvalue weighted by Crippen LogP contribution is 2.22. The van der Waals surface area contributed by atoms with Crippen LogP contribution in [0.5, 0.6) is 0 Å². The van der Waals surface area contributed by atoms with Gasteiger partial charge in [0.15, 0.2) is 0 Å². The summed E-state index contributed by atoms with van der Waals surface area (Å²) >= 11 is 5.91. The maximum atomic E-state index is 12.5. The number of amides is 1. The molecule has 0 aliphatic carbocycles. The number of imidazole rings is 1. The zero-order chi connectivity index (χ0) is 17.1. The second kappa shape index (κ2) is 6.90. The number of methoxy groups -OCH3 is 1. The number of hydrogen-bond donors (Lipinski definition) is 2. The minimum absolute atomic E-state index is 0.0325. The smallest absolute Gasteiger partial charge is 0.323 e. The maximum Gasteiger partial charge on any atom is 0.323 e. The van der Waals surface area contributed by atoms with Crippen LogP contribution in [0.3, 0.4) is 0 Å². The molecule has 1 aromatic heterocycles. The van der Waals surface area contributed by atoms with E-state index in [-0.39, 0.29) is 18.2 Å². The van der Waals surface area contributed by atoms with Crippen LogP contribution >= 0.6 is 11.6 Å². The molecule has 0 radical (unpaired) electrons. The lowest BCUT2D eigenvalue weighted by atomic mass is 10.2. The summed E-state index contributed by atoms with van der Waals surface area (Å²) in [4.78, 5) is 30.8. The van der Waals surface area contributed by atoms with Gasteiger partial charge in [0.1, 0.15) is 6.61 Å². The number of hydrogen-bond acceptors (Lipinski definition) is 3. The molecule has 0 saturated heterocycles. The number of carbonyl (C=O) groups excluding carboxylic acids is 1. The quantitative estimate of drug-likeness (QED) is 0.746. The summed E-state index contributed by atoms with van der Waals surface area (Å²) in [6.45, 7) is 0.342. The average Bonchev–Trinajstić information content (AvgIpc) is 2.93. The van der Waals surface area contributed by atoms with Crippen LogP contribution in [0.1, 0.15) is 5.56 Å². The SMILES string of the molecule is COCC(=O)N(Cc1ccc(Cl)cc1)c1ccc2[nH]c(=O)[nH]c2c1. The number of nitrogens with one attached hydrogen (secondary N) is 2. The van der Waals surface area contributed by atoms with Gasteiger partial charge < -0.3 is 19.6 Å². The van der Waals surface area contributed by atoms with Gasteiger partial charge in [0, 0.05) is 17.8 Å². The molecule has 124 valence electrons. The Kier molecular flexibility index (Phi) is 4.69. The fourth-order valence-electron chi connectivity index (χ4n) is 2.49. The lowest BCUT2D eigenvalue weighted by Crippen LogP contribution is -2.33. The number of H-pyrrole nitrogens is 2. The first-order valence-corrected chi connectivity index (χ1v) is 7.70. The molecule has 2 N–H and O–H groups in total. The van der Waals surface area contributed by atoms with Crippen LogP contribution in [0.25, 0.3) is 11.0 Å². The van der Waals surface area contributed by atoms with Crippen molar-refractivity contribution in [2.45, 2.75) is 6.54 Å². The third-order valence-electron chi connectivity index (χ3n) is 3.63. The molecule has 0 aliphatic rings. The fourth-order valence-corrected chi connectivity index (χ4v) is 2.61. The minimum Gasteiger partial charge on any atom is -0.375 e. The van der Waals surface area contributed by atoms with E-state index in [9.17, 15) is 9.59 Å². The molecule has 0 spiro atoms. The molecule has 24 heavy (non-hydrogen) atoms. The van der Waals surface area contributed by atoms with Crippen molar-refractivity contribution in [3.05, 3.63) is 63.5 Å². The van der Waals surface area contributed by atoms with E-state index in [0.717, 1.165) is 5.56 Å². The van der Waals surface area contributed by atoms with Crippen molar-refractivity contribution in [2.24, 2.45) is 0 Å². The number of ether oxygens (including phenoxy) is 1. The summed E-state index contributed by atoms with van der Waals surface area (Å²) < 4.78 is 4.98. The van der Waals surface area contributed by atoms with Crippen molar-refractivity contribution >= 4 is 34.2 Å². The zero-order valence-corrected chi connectivity index (χ0v) is 13.8. The molecule has 1 amide bonds. The molecular formula is C17H16ClN3O3. The van der Waals surface area contributed by atoms with E-state index in [2.05, 4.69) is 9.97 Å². The van der Waals surface area contributed by atoms with Gasteiger partial charge in [-0.1, -0.05) is 23.7 Å². The lowest BCUT2D eigenvalue weighted by molar-refractivity contribution is -0.122. The van der Waals surface area contributed by atoms with Crippen molar-refractivity contribution in [1.29, 1.82) is 0 Å². The van der Waals surface area contributed by atoms with Gasteiger partial charge in [-0.05, 0) is 35.9 Å². The van der Waals surface area contributed by atoms with E-state index in [4.69, 9.17) is 16.3 Å². The first-order chi connectivity index (χ1) is 11.6. The summed E-state index contributed by atoms with van der Waals surface area (Å²) in [5, 5.41) is 0.639. The van der Waals surface area contributed by atoms with Crippen LogP contribution < -0.4 is 10.6 Å². The van der Waals surface area contributed by atoms with Gasteiger partial charge in [-0.25, -0.2) is 4.79 Å². The molecule has 3 aromatic rings. The van der Waals surface area contributed by atoms with Gasteiger partial charge in [-0.15, -0.1) is 0 Å². The predicted molar refractivity (Wildman–Crippen MR) is 93.4 cm³/mol. The summed E-state index contributed by atoms with van der Waals surface area (Å²) in [5.74, 6) is -0.176. The van der Waals surface area contributed by atoms with Gasteiger partial charge in [0.2, 0.25) is 0 Å². The van der Waals surface area contributed by atoms with Crippen LogP contribution in [-0.2, 0) is 16.1 Å². The van der Waals surface area contributed by atoms with E-state index in [1.54, 1.807) is 35.2 Å². The average molecular weight is 346 g/mol. The van der Waals surface area contributed by atoms with E-state index in [1.807, 2.05) is 12.1 Å². The molecule has 0 saturated carbocycles. The summed E-state index contributed by atoms with van der Waals surface area (Å²) in [6.07, 6.45) is 0. The van der Waals surface area contributed by atoms with Crippen molar-refractivity contribution in [1.82, 2.24) is 9.97 Å². The first kappa shape index (κ1) is 16.3. The largest absolute Gasteiger partial charge is 0.375 e. The molecule has 0 unspecified atom stereocenters. The topological polar surface area (TPSA) is 78.2 Å². The van der Waals surface area contributed by atoms with E-state index in [0.29, 0.717) is 28.3 Å². The monoisotopic (exact) mass is 345 g/mol. The van der Waals surface area contributed by atoms with Crippen molar-refractivity contribution in [3.8, 4) is 0 Å². The minimum atomic E-state index is -0.283. The Bertz CT molecular complexity index is 915. The van der Waals surface area contributed by atoms with E-state index < -0.39 is 0 Å². The standard InChI is InChI=1S/C17H16ClN3O3/c1-24-10-16(22)21(9-11-2-4-12(18)5-3-11)13-6-7-14-15(8-13)20-17(23)19-14/h2-8H,9-10H2,1H3,(H2,19,20,23). The van der Waals surface area contributed by atoms with Crippen LogP contribution in [0.15, 0.2) is 47.3 Å². The Labute approximate surface area is 143 Å². The van der Waals surface area contributed by atoms with Gasteiger partial charge in [0.05, 0.1) is 17.6 Å². The van der Waals surface area contributed by atoms with Crippen LogP contribution in [0.2, 0.25) is 5.02 Å². The van der Waals surface area contributed by atoms with Crippen LogP contribution in [0, 0.1) is 0 Å². The normalized spacial score (nSPS) is 10.9. The number of fused-ring (bicyclic) bond motifs is 1. The number of carbonyl (C=O) groups is 1. The molecule has 1 heterocycles. The highest BCUT2D eigenvalue weighted by molar-refractivity contribution is 6.30. The third kappa shape index (κ3) is 3.50. The Morgan fingerprint density at radius 1 is 1.12 bits per heavy atom. The molecule has 2 aromatic carbocycles. The van der Waals surface area contributed by atoms with Gasteiger partial charge in [-0.3, -0.25) is 4.79 Å². The highest BCUT2D eigenvalue weighted by Gasteiger charge is 2.17. The van der Waals surface area contributed by atoms with Gasteiger partial charge in [0.25, 0.3) is 5.91 Å². The lowest BCUT2D eigenvalue weighted by Gasteiger charge is -2.23. The molecule has 3 rings (SSSR count). The first-order valence-electron chi connectivity index (χ1n) is 7.32. The second-order valence-corrected chi connectivity index (χ2v) is 5.78. The van der Waals surface area contributed by atoms with Crippen LogP contribution in [-0.4, -0.2) is 29.6 Å². The summed E-state index contributed by atoms with van der Waals surface area (Å²) in [7, 11) is 1.48. The number of rotatable bonds is 5. The number of aromatic amines is 2. The zero-order valence-electron chi connectivity index (χ0n) is 13.0. The molecule has 0 aliphatic heterocycles. The molecule has 0 atom stereocenters. The van der Waals surface area contributed by atoms with Crippen LogP contribution in [0.4, 0.5) is 5.69 Å². The van der Waals surface area contributed by atoms with Crippen molar-refractivity contribution in [3.63, 3.8) is 0 Å². The highest BCUT2D eigenvalue weighted by atomic mass is 35.5. The molecule has 0 bridgehead atoms. The number of aromatic nitrogens is 2. The Hall–Kier alpha value is -2.57. The number of halogens is 1. The maximum absolute atomic E-state index is 12.5. The third-order valence-corrected chi connectivity index (χ3v) is 3.89. The fraction of sp³-hybridized carbons (Fsp3) is 0.176. The predicted octanol–water partition coefficient (Wildman–Crippen LogP) is 2.69. The Balaban J connectivity index is 1.96. The summed E-state index contributed by atoms with van der Waals surface area (Å²) in [6, 6.07) is 12.6. The molecule has 0 fully saturated rings. The van der Waals surface area contributed by atoms with Crippen molar-refractivity contribution < 1.29 is 9.53 Å².